The fourth-order valence-corrected chi connectivity index (χ4v) is 4.28. The molecule has 116 valence electrons. The van der Waals surface area contributed by atoms with Crippen LogP contribution in [0.15, 0.2) is 24.3 Å². The quantitative estimate of drug-likeness (QED) is 0.915. The second kappa shape index (κ2) is 6.50. The molecule has 1 aromatic carbocycles. The van der Waals surface area contributed by atoms with Crippen LogP contribution in [-0.4, -0.2) is 35.2 Å². The second-order valence-corrected chi connectivity index (χ2v) is 7.00. The Hall–Kier alpha value is -0.860. The predicted molar refractivity (Wildman–Crippen MR) is 87.7 cm³/mol. The summed E-state index contributed by atoms with van der Waals surface area (Å²) in [4.78, 5) is 2.48. The molecule has 2 nitrogen and oxygen atoms in total. The highest BCUT2D eigenvalue weighted by molar-refractivity contribution is 5.32. The third-order valence-corrected chi connectivity index (χ3v) is 5.58. The lowest BCUT2D eigenvalue weighted by molar-refractivity contribution is 0.00887. The Kier molecular flexibility index (Phi) is 4.66. The van der Waals surface area contributed by atoms with Crippen molar-refractivity contribution >= 4 is 0 Å². The number of hydrogen-bond acceptors (Lipinski definition) is 2. The first-order valence-electron chi connectivity index (χ1n) is 8.73. The van der Waals surface area contributed by atoms with Crippen LogP contribution in [0.25, 0.3) is 0 Å². The van der Waals surface area contributed by atoms with Gasteiger partial charge < -0.3 is 10.0 Å². The Bertz CT molecular complexity index is 472. The summed E-state index contributed by atoms with van der Waals surface area (Å²) in [7, 11) is 0. The van der Waals surface area contributed by atoms with Crippen molar-refractivity contribution < 1.29 is 5.11 Å². The fraction of sp³-hybridized carbons (Fsp3) is 0.684. The molecule has 2 unspecified atom stereocenters. The van der Waals surface area contributed by atoms with Gasteiger partial charge in [-0.15, -0.1) is 0 Å². The summed E-state index contributed by atoms with van der Waals surface area (Å²) >= 11 is 0. The lowest BCUT2D eigenvalue weighted by Crippen LogP contribution is -2.33. The third-order valence-electron chi connectivity index (χ3n) is 5.58. The number of aryl methyl sites for hydroxylation is 1. The minimum Gasteiger partial charge on any atom is -0.390 e. The van der Waals surface area contributed by atoms with E-state index in [2.05, 4.69) is 36.1 Å². The molecule has 3 rings (SSSR count). The summed E-state index contributed by atoms with van der Waals surface area (Å²) in [6.45, 7) is 5.55. The van der Waals surface area contributed by atoms with Crippen LogP contribution < -0.4 is 0 Å². The minimum absolute atomic E-state index is 0.445. The Morgan fingerprint density at radius 3 is 2.90 bits per heavy atom. The van der Waals surface area contributed by atoms with Gasteiger partial charge in [-0.2, -0.15) is 0 Å². The zero-order valence-electron chi connectivity index (χ0n) is 13.4. The molecule has 1 saturated heterocycles. The summed E-state index contributed by atoms with van der Waals surface area (Å²) in [6, 6.07) is 8.88. The zero-order chi connectivity index (χ0) is 14.7. The maximum Gasteiger partial charge on any atom is 0.0666 e. The van der Waals surface area contributed by atoms with Gasteiger partial charge in [-0.1, -0.05) is 31.2 Å². The van der Waals surface area contributed by atoms with Crippen LogP contribution in [0.1, 0.15) is 62.5 Å². The summed E-state index contributed by atoms with van der Waals surface area (Å²) < 4.78 is 0. The molecule has 1 aliphatic heterocycles. The molecule has 0 radical (unpaired) electrons. The van der Waals surface area contributed by atoms with E-state index in [4.69, 9.17) is 0 Å². The Labute approximate surface area is 129 Å². The van der Waals surface area contributed by atoms with Crippen molar-refractivity contribution in [3.05, 3.63) is 35.4 Å². The topological polar surface area (TPSA) is 23.5 Å². The van der Waals surface area contributed by atoms with Crippen molar-refractivity contribution in [2.45, 2.75) is 63.4 Å². The average Bonchev–Trinajstić information content (AvgIpc) is 2.69. The molecule has 1 aliphatic carbocycles. The summed E-state index contributed by atoms with van der Waals surface area (Å²) in [5.41, 5.74) is 2.58. The number of benzene rings is 1. The van der Waals surface area contributed by atoms with Gasteiger partial charge in [0.2, 0.25) is 0 Å². The lowest BCUT2D eigenvalue weighted by Gasteiger charge is -2.34. The van der Waals surface area contributed by atoms with Gasteiger partial charge in [0.25, 0.3) is 0 Å². The van der Waals surface area contributed by atoms with Crippen molar-refractivity contribution in [2.24, 2.45) is 0 Å². The number of likely N-dealkylation sites (tertiary alicyclic amines) is 1. The second-order valence-electron chi connectivity index (χ2n) is 7.00. The van der Waals surface area contributed by atoms with Gasteiger partial charge in [0, 0.05) is 6.54 Å². The van der Waals surface area contributed by atoms with Gasteiger partial charge in [-0.05, 0) is 75.1 Å². The van der Waals surface area contributed by atoms with E-state index >= 15 is 0 Å². The van der Waals surface area contributed by atoms with Gasteiger partial charge in [0.1, 0.15) is 0 Å². The highest BCUT2D eigenvalue weighted by Gasteiger charge is 2.34. The molecule has 2 aliphatic rings. The molecule has 21 heavy (non-hydrogen) atoms. The van der Waals surface area contributed by atoms with Crippen molar-refractivity contribution in [1.82, 2.24) is 4.90 Å². The van der Waals surface area contributed by atoms with Gasteiger partial charge in [-0.25, -0.2) is 0 Å². The molecular formula is C19H29NO. The van der Waals surface area contributed by atoms with E-state index in [9.17, 15) is 5.11 Å². The van der Waals surface area contributed by atoms with Crippen LogP contribution >= 0.6 is 0 Å². The van der Waals surface area contributed by atoms with Gasteiger partial charge >= 0.3 is 0 Å². The monoisotopic (exact) mass is 287 g/mol. The summed E-state index contributed by atoms with van der Waals surface area (Å²) in [5, 5.41) is 11.1. The van der Waals surface area contributed by atoms with Crippen molar-refractivity contribution in [2.75, 3.05) is 19.6 Å². The van der Waals surface area contributed by atoms with E-state index in [1.807, 2.05) is 0 Å². The molecule has 1 fully saturated rings. The summed E-state index contributed by atoms with van der Waals surface area (Å²) in [5.74, 6) is 0.563. The van der Waals surface area contributed by atoms with E-state index in [1.54, 1.807) is 0 Å². The predicted octanol–water partition coefficient (Wildman–Crippen LogP) is 3.73. The van der Waals surface area contributed by atoms with Crippen LogP contribution in [0.2, 0.25) is 0 Å². The molecule has 0 saturated carbocycles. The molecular weight excluding hydrogens is 258 g/mol. The zero-order valence-corrected chi connectivity index (χ0v) is 13.4. The maximum absolute atomic E-state index is 11.1. The molecule has 2 heteroatoms. The fourth-order valence-electron chi connectivity index (χ4n) is 4.28. The van der Waals surface area contributed by atoms with Gasteiger partial charge in [-0.3, -0.25) is 0 Å². The van der Waals surface area contributed by atoms with Crippen LogP contribution in [0.5, 0.6) is 0 Å². The SMILES string of the molecule is CCN1CCCC(O)(CC2CCCc3ccccc32)CC1. The first-order valence-corrected chi connectivity index (χ1v) is 8.73. The highest BCUT2D eigenvalue weighted by atomic mass is 16.3. The van der Waals surface area contributed by atoms with Crippen LogP contribution in [0.4, 0.5) is 0 Å². The molecule has 0 spiro atoms. The van der Waals surface area contributed by atoms with Crippen LogP contribution in [0, 0.1) is 0 Å². The number of aliphatic hydroxyl groups is 1. The Balaban J connectivity index is 1.71. The highest BCUT2D eigenvalue weighted by Crippen LogP contribution is 2.40. The Morgan fingerprint density at radius 2 is 2.05 bits per heavy atom. The average molecular weight is 287 g/mol. The standard InChI is InChI=1S/C19H29NO/c1-2-20-13-6-11-19(21,12-14-20)15-17-9-5-8-16-7-3-4-10-18(16)17/h3-4,7,10,17,21H,2,5-6,8-9,11-15H2,1H3. The van der Waals surface area contributed by atoms with E-state index in [0.29, 0.717) is 5.92 Å². The van der Waals surface area contributed by atoms with Gasteiger partial charge in [0.05, 0.1) is 5.60 Å². The molecule has 2 atom stereocenters. The lowest BCUT2D eigenvalue weighted by atomic mass is 9.75. The molecule has 0 amide bonds. The summed E-state index contributed by atoms with van der Waals surface area (Å²) in [6.07, 6.45) is 7.76. The van der Waals surface area contributed by atoms with Crippen molar-refractivity contribution in [3.8, 4) is 0 Å². The maximum atomic E-state index is 11.1. The van der Waals surface area contributed by atoms with Gasteiger partial charge in [0.15, 0.2) is 0 Å². The molecule has 0 bridgehead atoms. The van der Waals surface area contributed by atoms with E-state index in [1.165, 1.54) is 30.4 Å². The first kappa shape index (κ1) is 15.1. The van der Waals surface area contributed by atoms with E-state index < -0.39 is 5.60 Å². The number of nitrogens with zero attached hydrogens (tertiary/aromatic N) is 1. The first-order chi connectivity index (χ1) is 10.2. The van der Waals surface area contributed by atoms with Crippen molar-refractivity contribution in [1.29, 1.82) is 0 Å². The number of fused-ring (bicyclic) bond motifs is 1. The number of rotatable bonds is 3. The molecule has 1 aromatic rings. The van der Waals surface area contributed by atoms with E-state index in [-0.39, 0.29) is 0 Å². The van der Waals surface area contributed by atoms with Crippen LogP contribution in [-0.2, 0) is 6.42 Å². The third kappa shape index (κ3) is 3.49. The largest absolute Gasteiger partial charge is 0.390 e. The normalized spacial score (nSPS) is 30.7. The Morgan fingerprint density at radius 1 is 1.19 bits per heavy atom. The van der Waals surface area contributed by atoms with Crippen LogP contribution in [0.3, 0.4) is 0 Å². The molecule has 1 N–H and O–H groups in total. The smallest absolute Gasteiger partial charge is 0.0666 e. The number of hydrogen-bond donors (Lipinski definition) is 1. The molecule has 0 aromatic heterocycles. The molecule has 1 heterocycles. The minimum atomic E-state index is -0.445. The van der Waals surface area contributed by atoms with Crippen molar-refractivity contribution in [3.63, 3.8) is 0 Å². The van der Waals surface area contributed by atoms with E-state index in [0.717, 1.165) is 45.3 Å².